The molecule has 4 rings (SSSR count). The van der Waals surface area contributed by atoms with Gasteiger partial charge in [0, 0.05) is 50.1 Å². The molecule has 0 amide bonds. The Bertz CT molecular complexity index is 913. The van der Waals surface area contributed by atoms with E-state index < -0.39 is 0 Å². The number of anilines is 2. The molecule has 0 saturated heterocycles. The number of nitrogens with one attached hydrogen (secondary N) is 3. The van der Waals surface area contributed by atoms with Crippen LogP contribution in [0.2, 0.25) is 0 Å². The van der Waals surface area contributed by atoms with Crippen molar-refractivity contribution < 1.29 is 13.9 Å². The lowest BCUT2D eigenvalue weighted by Gasteiger charge is -2.31. The van der Waals surface area contributed by atoms with E-state index in [1.54, 1.807) is 14.2 Å². The standard InChI is InChI=1S/C26H37FN4O2/c1-18(16-32-2)30-20-7-9-21(10-8-20)31-25-14-23(24(27)15-28-25)19-5-4-6-22(13-19)29-17-26(33-3)11-12-26/h4-6,13-15,18,20-21,29-30H,7-12,16-17H2,1-3H3,(H,28,31)/t18-,20?,21?/m0/s1. The molecule has 2 fully saturated rings. The van der Waals surface area contributed by atoms with Crippen LogP contribution in [-0.4, -0.2) is 56.1 Å². The topological polar surface area (TPSA) is 67.4 Å². The fourth-order valence-electron chi connectivity index (χ4n) is 4.71. The van der Waals surface area contributed by atoms with Gasteiger partial charge in [0.25, 0.3) is 0 Å². The third kappa shape index (κ3) is 6.43. The SMILES string of the molecule is COC[C@H](C)NC1CCC(Nc2cc(-c3cccc(NCC4(OC)CC4)c3)c(F)cn2)CC1. The molecule has 180 valence electrons. The first-order chi connectivity index (χ1) is 16.0. The van der Waals surface area contributed by atoms with Gasteiger partial charge in [0.2, 0.25) is 0 Å². The fourth-order valence-corrected chi connectivity index (χ4v) is 4.71. The maximum Gasteiger partial charge on any atom is 0.149 e. The average Bonchev–Trinajstić information content (AvgIpc) is 3.61. The van der Waals surface area contributed by atoms with Crippen LogP contribution in [0.25, 0.3) is 11.1 Å². The number of ether oxygens (including phenoxy) is 2. The van der Waals surface area contributed by atoms with Gasteiger partial charge in [0.05, 0.1) is 18.4 Å². The number of aromatic nitrogens is 1. The van der Waals surface area contributed by atoms with Crippen molar-refractivity contribution in [1.82, 2.24) is 10.3 Å². The molecule has 33 heavy (non-hydrogen) atoms. The summed E-state index contributed by atoms with van der Waals surface area (Å²) in [5.74, 6) is 0.415. The van der Waals surface area contributed by atoms with Crippen LogP contribution in [0.3, 0.4) is 0 Å². The molecule has 0 unspecified atom stereocenters. The molecule has 0 aliphatic heterocycles. The predicted molar refractivity (Wildman–Crippen MR) is 131 cm³/mol. The average molecular weight is 457 g/mol. The zero-order valence-corrected chi connectivity index (χ0v) is 20.0. The molecule has 1 aromatic heterocycles. The monoisotopic (exact) mass is 456 g/mol. The highest BCUT2D eigenvalue weighted by atomic mass is 19.1. The first-order valence-electron chi connectivity index (χ1n) is 12.1. The lowest BCUT2D eigenvalue weighted by Crippen LogP contribution is -2.42. The minimum atomic E-state index is -0.312. The van der Waals surface area contributed by atoms with Crippen molar-refractivity contribution in [2.45, 2.75) is 69.2 Å². The zero-order valence-electron chi connectivity index (χ0n) is 20.0. The Hall–Kier alpha value is -2.22. The normalized spacial score (nSPS) is 22.5. The number of hydrogen-bond acceptors (Lipinski definition) is 6. The van der Waals surface area contributed by atoms with Crippen molar-refractivity contribution >= 4 is 11.5 Å². The number of pyridine rings is 1. The third-order valence-electron chi connectivity index (χ3n) is 6.90. The second kappa shape index (κ2) is 10.8. The quantitative estimate of drug-likeness (QED) is 0.450. The van der Waals surface area contributed by atoms with Gasteiger partial charge in [-0.2, -0.15) is 0 Å². The van der Waals surface area contributed by atoms with Gasteiger partial charge >= 0.3 is 0 Å². The van der Waals surface area contributed by atoms with E-state index in [0.29, 0.717) is 23.7 Å². The summed E-state index contributed by atoms with van der Waals surface area (Å²) in [4.78, 5) is 4.31. The molecule has 1 aromatic carbocycles. The van der Waals surface area contributed by atoms with Crippen LogP contribution in [0.1, 0.15) is 45.4 Å². The Morgan fingerprint density at radius 1 is 1.12 bits per heavy atom. The van der Waals surface area contributed by atoms with Gasteiger partial charge in [-0.1, -0.05) is 12.1 Å². The molecular formula is C26H37FN4O2. The maximum absolute atomic E-state index is 14.7. The van der Waals surface area contributed by atoms with E-state index in [-0.39, 0.29) is 11.4 Å². The summed E-state index contributed by atoms with van der Waals surface area (Å²) >= 11 is 0. The predicted octanol–water partition coefficient (Wildman–Crippen LogP) is 4.83. The number of halogens is 1. The maximum atomic E-state index is 14.7. The van der Waals surface area contributed by atoms with E-state index in [0.717, 1.165) is 68.7 Å². The highest BCUT2D eigenvalue weighted by Gasteiger charge is 2.42. The summed E-state index contributed by atoms with van der Waals surface area (Å²) in [6.45, 7) is 3.65. The van der Waals surface area contributed by atoms with Gasteiger partial charge in [0.15, 0.2) is 0 Å². The molecular weight excluding hydrogens is 419 g/mol. The van der Waals surface area contributed by atoms with Crippen LogP contribution in [-0.2, 0) is 9.47 Å². The number of nitrogens with zero attached hydrogens (tertiary/aromatic N) is 1. The van der Waals surface area contributed by atoms with Crippen LogP contribution >= 0.6 is 0 Å². The Balaban J connectivity index is 1.36. The van der Waals surface area contributed by atoms with Crippen molar-refractivity contribution in [1.29, 1.82) is 0 Å². The minimum absolute atomic E-state index is 0.0364. The van der Waals surface area contributed by atoms with Gasteiger partial charge in [-0.25, -0.2) is 9.37 Å². The second-order valence-electron chi connectivity index (χ2n) is 9.59. The third-order valence-corrected chi connectivity index (χ3v) is 6.90. The Kier molecular flexibility index (Phi) is 7.83. The van der Waals surface area contributed by atoms with Crippen LogP contribution in [0, 0.1) is 5.82 Å². The summed E-state index contributed by atoms with van der Waals surface area (Å²) in [6.07, 6.45) is 7.82. The first-order valence-corrected chi connectivity index (χ1v) is 12.1. The van der Waals surface area contributed by atoms with Crippen LogP contribution < -0.4 is 16.0 Å². The van der Waals surface area contributed by atoms with Gasteiger partial charge in [-0.15, -0.1) is 0 Å². The Labute approximate surface area is 196 Å². The lowest BCUT2D eigenvalue weighted by atomic mass is 9.90. The van der Waals surface area contributed by atoms with Crippen molar-refractivity contribution in [2.75, 3.05) is 38.0 Å². The van der Waals surface area contributed by atoms with E-state index >= 15 is 0 Å². The van der Waals surface area contributed by atoms with Crippen molar-refractivity contribution in [3.05, 3.63) is 42.3 Å². The molecule has 0 spiro atoms. The summed E-state index contributed by atoms with van der Waals surface area (Å²) in [6, 6.07) is 11.0. The molecule has 2 aliphatic carbocycles. The molecule has 0 bridgehead atoms. The van der Waals surface area contributed by atoms with Crippen LogP contribution in [0.4, 0.5) is 15.9 Å². The molecule has 0 radical (unpaired) electrons. The van der Waals surface area contributed by atoms with Gasteiger partial charge in [-0.3, -0.25) is 0 Å². The molecule has 1 heterocycles. The molecule has 6 nitrogen and oxygen atoms in total. The van der Waals surface area contributed by atoms with E-state index in [9.17, 15) is 4.39 Å². The summed E-state index contributed by atoms with van der Waals surface area (Å²) < 4.78 is 25.5. The highest BCUT2D eigenvalue weighted by molar-refractivity contribution is 5.70. The van der Waals surface area contributed by atoms with E-state index in [4.69, 9.17) is 9.47 Å². The number of hydrogen-bond donors (Lipinski definition) is 3. The van der Waals surface area contributed by atoms with E-state index in [1.807, 2.05) is 30.3 Å². The van der Waals surface area contributed by atoms with Gasteiger partial charge < -0.3 is 25.4 Å². The Morgan fingerprint density at radius 2 is 1.88 bits per heavy atom. The highest BCUT2D eigenvalue weighted by Crippen LogP contribution is 2.39. The molecule has 2 aliphatic rings. The van der Waals surface area contributed by atoms with Crippen molar-refractivity contribution in [2.24, 2.45) is 0 Å². The molecule has 2 saturated carbocycles. The number of rotatable bonds is 11. The smallest absolute Gasteiger partial charge is 0.149 e. The second-order valence-corrected chi connectivity index (χ2v) is 9.59. The van der Waals surface area contributed by atoms with Crippen LogP contribution in [0.15, 0.2) is 36.5 Å². The largest absolute Gasteiger partial charge is 0.383 e. The van der Waals surface area contributed by atoms with Crippen molar-refractivity contribution in [3.63, 3.8) is 0 Å². The Morgan fingerprint density at radius 3 is 2.58 bits per heavy atom. The number of methoxy groups -OCH3 is 2. The number of benzene rings is 1. The van der Waals surface area contributed by atoms with Gasteiger partial charge in [0.1, 0.15) is 11.6 Å². The van der Waals surface area contributed by atoms with Gasteiger partial charge in [-0.05, 0) is 69.2 Å². The summed E-state index contributed by atoms with van der Waals surface area (Å²) in [5.41, 5.74) is 2.33. The fraction of sp³-hybridized carbons (Fsp3) is 0.577. The molecule has 1 atom stereocenters. The summed E-state index contributed by atoms with van der Waals surface area (Å²) in [5, 5.41) is 10.6. The van der Waals surface area contributed by atoms with E-state index in [1.165, 1.54) is 6.20 Å². The molecule has 7 heteroatoms. The van der Waals surface area contributed by atoms with Crippen molar-refractivity contribution in [3.8, 4) is 11.1 Å². The zero-order chi connectivity index (χ0) is 23.3. The lowest BCUT2D eigenvalue weighted by molar-refractivity contribution is 0.0914. The molecule has 2 aromatic rings. The first kappa shape index (κ1) is 23.9. The molecule has 3 N–H and O–H groups in total. The van der Waals surface area contributed by atoms with E-state index in [2.05, 4.69) is 27.9 Å². The summed E-state index contributed by atoms with van der Waals surface area (Å²) in [7, 11) is 3.50. The van der Waals surface area contributed by atoms with Crippen LogP contribution in [0.5, 0.6) is 0 Å². The minimum Gasteiger partial charge on any atom is -0.383 e.